The second kappa shape index (κ2) is 5.99. The van der Waals surface area contributed by atoms with Crippen LogP contribution in [-0.4, -0.2) is 18.6 Å². The summed E-state index contributed by atoms with van der Waals surface area (Å²) in [5.74, 6) is -0.639. The van der Waals surface area contributed by atoms with Crippen LogP contribution in [0.25, 0.3) is 0 Å². The van der Waals surface area contributed by atoms with Gasteiger partial charge in [-0.1, -0.05) is 11.6 Å². The van der Waals surface area contributed by atoms with Crippen molar-refractivity contribution in [1.29, 1.82) is 0 Å². The van der Waals surface area contributed by atoms with E-state index < -0.39 is 5.82 Å². The zero-order valence-electron chi connectivity index (χ0n) is 9.51. The van der Waals surface area contributed by atoms with Gasteiger partial charge in [0.15, 0.2) is 0 Å². The van der Waals surface area contributed by atoms with Crippen molar-refractivity contribution in [2.24, 2.45) is 0 Å². The molecule has 1 N–H and O–H groups in total. The van der Waals surface area contributed by atoms with E-state index >= 15 is 0 Å². The van der Waals surface area contributed by atoms with Gasteiger partial charge in [0.05, 0.1) is 27.7 Å². The third-order valence-corrected chi connectivity index (χ3v) is 3.64. The van der Waals surface area contributed by atoms with Gasteiger partial charge in [-0.15, -0.1) is 0 Å². The van der Waals surface area contributed by atoms with Gasteiger partial charge in [-0.25, -0.2) is 4.39 Å². The molecule has 0 saturated carbocycles. The Morgan fingerprint density at radius 3 is 3.06 bits per heavy atom. The van der Waals surface area contributed by atoms with Crippen LogP contribution < -0.4 is 5.32 Å². The molecule has 3 nitrogen and oxygen atoms in total. The minimum Gasteiger partial charge on any atom is -0.378 e. The highest BCUT2D eigenvalue weighted by Gasteiger charge is 2.19. The Morgan fingerprint density at radius 2 is 2.39 bits per heavy atom. The van der Waals surface area contributed by atoms with E-state index in [4.69, 9.17) is 16.3 Å². The average Bonchev–Trinajstić information content (AvgIpc) is 2.78. The molecule has 1 amide bonds. The number of anilines is 1. The molecule has 1 saturated heterocycles. The smallest absolute Gasteiger partial charge is 0.227 e. The first-order valence-corrected chi connectivity index (χ1v) is 6.79. The van der Waals surface area contributed by atoms with Crippen LogP contribution in [0.2, 0.25) is 5.02 Å². The second-order valence-electron chi connectivity index (χ2n) is 4.13. The molecule has 0 bridgehead atoms. The normalized spacial score (nSPS) is 18.9. The average molecular weight is 337 g/mol. The van der Waals surface area contributed by atoms with Gasteiger partial charge in [-0.2, -0.15) is 0 Å². The van der Waals surface area contributed by atoms with Gasteiger partial charge in [-0.3, -0.25) is 4.79 Å². The molecule has 0 aliphatic carbocycles. The highest BCUT2D eigenvalue weighted by molar-refractivity contribution is 9.10. The molecule has 98 valence electrons. The highest BCUT2D eigenvalue weighted by atomic mass is 79.9. The van der Waals surface area contributed by atoms with Crippen LogP contribution in [0.1, 0.15) is 19.3 Å². The van der Waals surface area contributed by atoms with Gasteiger partial charge >= 0.3 is 0 Å². The summed E-state index contributed by atoms with van der Waals surface area (Å²) in [6.07, 6.45) is 2.16. The Hall–Kier alpha value is -0.650. The quantitative estimate of drug-likeness (QED) is 0.854. The molecule has 1 aromatic carbocycles. The lowest BCUT2D eigenvalue weighted by atomic mass is 10.2. The molecule has 1 atom stereocenters. The summed E-state index contributed by atoms with van der Waals surface area (Å²) in [4.78, 5) is 11.8. The van der Waals surface area contributed by atoms with Crippen LogP contribution in [0.5, 0.6) is 0 Å². The SMILES string of the molecule is O=C(CC1CCCO1)Nc1cc(Br)c(F)cc1Cl. The molecule has 6 heteroatoms. The van der Waals surface area contributed by atoms with E-state index in [1.165, 1.54) is 6.07 Å². The van der Waals surface area contributed by atoms with E-state index in [1.54, 1.807) is 0 Å². The second-order valence-corrected chi connectivity index (χ2v) is 5.40. The fraction of sp³-hybridized carbons (Fsp3) is 0.417. The number of rotatable bonds is 3. The zero-order valence-corrected chi connectivity index (χ0v) is 11.9. The summed E-state index contributed by atoms with van der Waals surface area (Å²) in [6, 6.07) is 2.61. The number of amides is 1. The van der Waals surface area contributed by atoms with E-state index in [2.05, 4.69) is 21.2 Å². The Morgan fingerprint density at radius 1 is 1.61 bits per heavy atom. The van der Waals surface area contributed by atoms with Crippen molar-refractivity contribution in [3.8, 4) is 0 Å². The largest absolute Gasteiger partial charge is 0.378 e. The van der Waals surface area contributed by atoms with Gasteiger partial charge in [0.25, 0.3) is 0 Å². The van der Waals surface area contributed by atoms with Crippen molar-refractivity contribution in [3.63, 3.8) is 0 Å². The minimum absolute atomic E-state index is 0.0207. The molecular formula is C12H12BrClFNO2. The lowest BCUT2D eigenvalue weighted by Gasteiger charge is -2.11. The van der Waals surface area contributed by atoms with Crippen LogP contribution >= 0.6 is 27.5 Å². The summed E-state index contributed by atoms with van der Waals surface area (Å²) in [6.45, 7) is 0.709. The summed E-state index contributed by atoms with van der Waals surface area (Å²) in [5, 5.41) is 2.83. The Balaban J connectivity index is 2.00. The monoisotopic (exact) mass is 335 g/mol. The van der Waals surface area contributed by atoms with E-state index in [1.807, 2.05) is 0 Å². The van der Waals surface area contributed by atoms with Crippen LogP contribution in [0.4, 0.5) is 10.1 Å². The van der Waals surface area contributed by atoms with Gasteiger partial charge in [-0.05, 0) is 40.9 Å². The number of nitrogens with one attached hydrogen (secondary N) is 1. The van der Waals surface area contributed by atoms with E-state index in [0.29, 0.717) is 18.7 Å². The van der Waals surface area contributed by atoms with Crippen molar-refractivity contribution in [1.82, 2.24) is 0 Å². The Labute approximate surface area is 118 Å². The molecule has 2 rings (SSSR count). The highest BCUT2D eigenvalue weighted by Crippen LogP contribution is 2.29. The van der Waals surface area contributed by atoms with Crippen LogP contribution in [0.15, 0.2) is 16.6 Å². The lowest BCUT2D eigenvalue weighted by Crippen LogP contribution is -2.19. The topological polar surface area (TPSA) is 38.3 Å². The third kappa shape index (κ3) is 3.43. The van der Waals surface area contributed by atoms with Crippen molar-refractivity contribution in [2.45, 2.75) is 25.4 Å². The summed E-state index contributed by atoms with van der Waals surface area (Å²) in [5.41, 5.74) is 0.396. The van der Waals surface area contributed by atoms with E-state index in [-0.39, 0.29) is 21.5 Å². The number of ether oxygens (including phenoxy) is 1. The Bertz CT molecular complexity index is 464. The van der Waals surface area contributed by atoms with Crippen molar-refractivity contribution >= 4 is 39.1 Å². The van der Waals surface area contributed by atoms with Crippen LogP contribution in [0, 0.1) is 5.82 Å². The molecular weight excluding hydrogens is 324 g/mol. The summed E-state index contributed by atoms with van der Waals surface area (Å²) >= 11 is 8.90. The number of halogens is 3. The summed E-state index contributed by atoms with van der Waals surface area (Å²) in [7, 11) is 0. The zero-order chi connectivity index (χ0) is 13.1. The number of benzene rings is 1. The van der Waals surface area contributed by atoms with Crippen LogP contribution in [-0.2, 0) is 9.53 Å². The molecule has 1 aliphatic rings. The first kappa shape index (κ1) is 13.8. The van der Waals surface area contributed by atoms with Gasteiger partial charge < -0.3 is 10.1 Å². The van der Waals surface area contributed by atoms with Crippen molar-refractivity contribution in [3.05, 3.63) is 27.4 Å². The van der Waals surface area contributed by atoms with E-state index in [9.17, 15) is 9.18 Å². The van der Waals surface area contributed by atoms with Gasteiger partial charge in [0.1, 0.15) is 5.82 Å². The molecule has 0 spiro atoms. The molecule has 0 radical (unpaired) electrons. The molecule has 1 aliphatic heterocycles. The fourth-order valence-electron chi connectivity index (χ4n) is 1.83. The van der Waals surface area contributed by atoms with Crippen LogP contribution in [0.3, 0.4) is 0 Å². The minimum atomic E-state index is -0.461. The molecule has 1 aromatic rings. The maximum absolute atomic E-state index is 13.2. The molecule has 18 heavy (non-hydrogen) atoms. The first-order valence-electron chi connectivity index (χ1n) is 5.62. The predicted molar refractivity (Wildman–Crippen MR) is 71.3 cm³/mol. The standard InChI is InChI=1S/C12H12BrClFNO2/c13-8-5-11(9(14)6-10(8)15)16-12(17)4-7-2-1-3-18-7/h5-7H,1-4H2,(H,16,17). The fourth-order valence-corrected chi connectivity index (χ4v) is 2.37. The predicted octanol–water partition coefficient (Wildman–Crippen LogP) is 3.75. The summed E-state index contributed by atoms with van der Waals surface area (Å²) < 4.78 is 18.8. The molecule has 1 unspecified atom stereocenters. The van der Waals surface area contributed by atoms with Crippen molar-refractivity contribution < 1.29 is 13.9 Å². The van der Waals surface area contributed by atoms with Gasteiger partial charge in [0.2, 0.25) is 5.91 Å². The molecule has 1 fully saturated rings. The maximum Gasteiger partial charge on any atom is 0.227 e. The number of carbonyl (C=O) groups is 1. The molecule has 0 aromatic heterocycles. The lowest BCUT2D eigenvalue weighted by molar-refractivity contribution is -0.118. The number of carbonyl (C=O) groups excluding carboxylic acids is 1. The van der Waals surface area contributed by atoms with E-state index in [0.717, 1.165) is 18.9 Å². The Kier molecular flexibility index (Phi) is 4.59. The molecule has 1 heterocycles. The first-order chi connectivity index (χ1) is 8.56. The third-order valence-electron chi connectivity index (χ3n) is 2.72. The number of hydrogen-bond donors (Lipinski definition) is 1. The van der Waals surface area contributed by atoms with Crippen molar-refractivity contribution in [2.75, 3.05) is 11.9 Å². The number of hydrogen-bond acceptors (Lipinski definition) is 2. The van der Waals surface area contributed by atoms with Gasteiger partial charge in [0, 0.05) is 6.61 Å². The maximum atomic E-state index is 13.2.